The Labute approximate surface area is 163 Å². The van der Waals surface area contributed by atoms with Gasteiger partial charge in [0.25, 0.3) is 0 Å². The van der Waals surface area contributed by atoms with E-state index >= 15 is 0 Å². The monoisotopic (exact) mass is 406 g/mol. The molecule has 0 saturated carbocycles. The highest BCUT2D eigenvalue weighted by atomic mass is 19.4. The van der Waals surface area contributed by atoms with Gasteiger partial charge in [-0.05, 0) is 37.6 Å². The van der Waals surface area contributed by atoms with Crippen LogP contribution in [-0.4, -0.2) is 32.4 Å². The molecule has 2 N–H and O–H groups in total. The van der Waals surface area contributed by atoms with Crippen LogP contribution in [-0.2, 0) is 23.4 Å². The van der Waals surface area contributed by atoms with E-state index in [9.17, 15) is 18.0 Å². The van der Waals surface area contributed by atoms with E-state index < -0.39 is 17.2 Å². The van der Waals surface area contributed by atoms with Crippen LogP contribution in [0.15, 0.2) is 35.0 Å². The third-order valence-electron chi connectivity index (χ3n) is 4.85. The molecule has 8 nitrogen and oxygen atoms in total. The molecular weight excluding hydrogens is 389 g/mol. The fourth-order valence-corrected chi connectivity index (χ4v) is 3.12. The van der Waals surface area contributed by atoms with E-state index in [1.807, 2.05) is 0 Å². The topological polar surface area (TPSA) is 97.9 Å². The molecular formula is C18H17F3N6O2. The van der Waals surface area contributed by atoms with Crippen LogP contribution >= 0.6 is 0 Å². The van der Waals surface area contributed by atoms with E-state index in [2.05, 4.69) is 25.9 Å². The van der Waals surface area contributed by atoms with Crippen LogP contribution in [0.4, 0.5) is 24.7 Å². The van der Waals surface area contributed by atoms with Gasteiger partial charge >= 0.3 is 6.18 Å². The fraction of sp³-hybridized carbons (Fsp3) is 0.333. The number of nitrogens with one attached hydrogen (secondary N) is 2. The van der Waals surface area contributed by atoms with Gasteiger partial charge in [0, 0.05) is 25.5 Å². The van der Waals surface area contributed by atoms with Gasteiger partial charge in [-0.1, -0.05) is 5.16 Å². The summed E-state index contributed by atoms with van der Waals surface area (Å²) in [5, 5.41) is 14.0. The van der Waals surface area contributed by atoms with Crippen LogP contribution < -0.4 is 10.6 Å². The zero-order valence-electron chi connectivity index (χ0n) is 15.5. The number of anilines is 2. The van der Waals surface area contributed by atoms with Crippen LogP contribution in [0.1, 0.15) is 24.8 Å². The maximum absolute atomic E-state index is 12.7. The number of carbonyl (C=O) groups is 1. The first-order valence-electron chi connectivity index (χ1n) is 8.77. The number of hydrogen-bond donors (Lipinski definition) is 2. The summed E-state index contributed by atoms with van der Waals surface area (Å²) in [7, 11) is 1.69. The van der Waals surface area contributed by atoms with E-state index in [1.165, 1.54) is 16.8 Å². The molecule has 4 rings (SSSR count). The SMILES string of the molecule is Cn1cc(-c2noc(C3(C)CCNC3=O)n2)c(Nc2ccc(C(F)(F)F)cc2)n1. The maximum atomic E-state index is 12.7. The molecule has 0 radical (unpaired) electrons. The number of alkyl halides is 3. The van der Waals surface area contributed by atoms with Crippen molar-refractivity contribution < 1.29 is 22.5 Å². The Morgan fingerprint density at radius 1 is 1.28 bits per heavy atom. The Morgan fingerprint density at radius 2 is 2.00 bits per heavy atom. The quantitative estimate of drug-likeness (QED) is 0.691. The number of amides is 1. The number of halogens is 3. The number of nitrogens with zero attached hydrogens (tertiary/aromatic N) is 4. The number of benzene rings is 1. The molecule has 3 aromatic rings. The van der Waals surface area contributed by atoms with Crippen LogP contribution in [0.25, 0.3) is 11.4 Å². The van der Waals surface area contributed by atoms with Crippen molar-refractivity contribution in [1.29, 1.82) is 0 Å². The zero-order chi connectivity index (χ0) is 20.8. The molecule has 1 amide bonds. The number of carbonyl (C=O) groups excluding carboxylic acids is 1. The molecule has 1 fully saturated rings. The molecule has 1 atom stereocenters. The Bertz CT molecular complexity index is 1060. The fourth-order valence-electron chi connectivity index (χ4n) is 3.12. The van der Waals surface area contributed by atoms with E-state index in [0.29, 0.717) is 30.0 Å². The van der Waals surface area contributed by atoms with Gasteiger partial charge in [0.15, 0.2) is 5.82 Å². The van der Waals surface area contributed by atoms with Crippen molar-refractivity contribution >= 4 is 17.4 Å². The van der Waals surface area contributed by atoms with Gasteiger partial charge in [-0.2, -0.15) is 23.3 Å². The van der Waals surface area contributed by atoms with Crippen molar-refractivity contribution in [3.63, 3.8) is 0 Å². The van der Waals surface area contributed by atoms with Gasteiger partial charge in [-0.25, -0.2) is 0 Å². The van der Waals surface area contributed by atoms with Crippen LogP contribution in [0.3, 0.4) is 0 Å². The minimum Gasteiger partial charge on any atom is -0.355 e. The molecule has 152 valence electrons. The molecule has 29 heavy (non-hydrogen) atoms. The van der Waals surface area contributed by atoms with Gasteiger partial charge in [-0.3, -0.25) is 9.48 Å². The second-order valence-electron chi connectivity index (χ2n) is 7.03. The van der Waals surface area contributed by atoms with Gasteiger partial charge < -0.3 is 15.2 Å². The lowest BCUT2D eigenvalue weighted by molar-refractivity contribution is -0.137. The molecule has 1 aliphatic rings. The predicted octanol–water partition coefficient (Wildman–Crippen LogP) is 3.01. The summed E-state index contributed by atoms with van der Waals surface area (Å²) in [5.41, 5.74) is -0.725. The van der Waals surface area contributed by atoms with Crippen molar-refractivity contribution in [2.75, 3.05) is 11.9 Å². The molecule has 0 aliphatic carbocycles. The standard InChI is InChI=1S/C18H17F3N6O2/c1-17(7-8-22-15(17)28)16-24-14(26-29-16)12-9-27(2)25-13(12)23-11-5-3-10(4-6-11)18(19,20)21/h3-6,9H,7-8H2,1-2H3,(H,22,28)(H,23,25). The number of aryl methyl sites for hydroxylation is 1. The zero-order valence-corrected chi connectivity index (χ0v) is 15.5. The Kier molecular flexibility index (Phi) is 4.32. The van der Waals surface area contributed by atoms with Crippen LogP contribution in [0.5, 0.6) is 0 Å². The van der Waals surface area contributed by atoms with Crippen LogP contribution in [0, 0.1) is 0 Å². The smallest absolute Gasteiger partial charge is 0.355 e. The molecule has 0 spiro atoms. The normalized spacial score (nSPS) is 19.4. The lowest BCUT2D eigenvalue weighted by Crippen LogP contribution is -2.32. The largest absolute Gasteiger partial charge is 0.416 e. The van der Waals surface area contributed by atoms with Crippen molar-refractivity contribution in [2.45, 2.75) is 24.9 Å². The molecule has 1 aliphatic heterocycles. The number of rotatable bonds is 4. The Balaban J connectivity index is 1.62. The Hall–Kier alpha value is -3.37. The van der Waals surface area contributed by atoms with E-state index in [1.54, 1.807) is 20.2 Å². The molecule has 1 saturated heterocycles. The number of aromatic nitrogens is 4. The van der Waals surface area contributed by atoms with Gasteiger partial charge in [-0.15, -0.1) is 0 Å². The summed E-state index contributed by atoms with van der Waals surface area (Å²) in [6.07, 6.45) is -2.21. The molecule has 1 aromatic carbocycles. The minimum atomic E-state index is -4.40. The lowest BCUT2D eigenvalue weighted by atomic mass is 9.89. The summed E-state index contributed by atoms with van der Waals surface area (Å²) in [6, 6.07) is 4.59. The van der Waals surface area contributed by atoms with Crippen molar-refractivity contribution in [3.05, 3.63) is 41.9 Å². The molecule has 11 heteroatoms. The van der Waals surface area contributed by atoms with Crippen LogP contribution in [0.2, 0.25) is 0 Å². The minimum absolute atomic E-state index is 0.179. The summed E-state index contributed by atoms with van der Waals surface area (Å²) in [5.74, 6) is 0.595. The average Bonchev–Trinajstić information content (AvgIpc) is 3.35. The molecule has 3 heterocycles. The lowest BCUT2D eigenvalue weighted by Gasteiger charge is -2.13. The summed E-state index contributed by atoms with van der Waals surface area (Å²) in [6.45, 7) is 2.26. The van der Waals surface area contributed by atoms with E-state index in [4.69, 9.17) is 4.52 Å². The van der Waals surface area contributed by atoms with Crippen molar-refractivity contribution in [1.82, 2.24) is 25.2 Å². The Morgan fingerprint density at radius 3 is 2.62 bits per heavy atom. The third-order valence-corrected chi connectivity index (χ3v) is 4.85. The van der Waals surface area contributed by atoms with Gasteiger partial charge in [0.05, 0.1) is 11.1 Å². The first-order valence-corrected chi connectivity index (χ1v) is 8.77. The van der Waals surface area contributed by atoms with E-state index in [-0.39, 0.29) is 17.6 Å². The van der Waals surface area contributed by atoms with Crippen molar-refractivity contribution in [2.24, 2.45) is 7.05 Å². The maximum Gasteiger partial charge on any atom is 0.416 e. The highest BCUT2D eigenvalue weighted by molar-refractivity contribution is 5.88. The van der Waals surface area contributed by atoms with Gasteiger partial charge in [0.1, 0.15) is 5.41 Å². The average molecular weight is 406 g/mol. The molecule has 2 aromatic heterocycles. The first kappa shape index (κ1) is 19.0. The molecule has 0 bridgehead atoms. The summed E-state index contributed by atoms with van der Waals surface area (Å²) < 4.78 is 45.0. The van der Waals surface area contributed by atoms with Gasteiger partial charge in [0.2, 0.25) is 17.6 Å². The highest BCUT2D eigenvalue weighted by Gasteiger charge is 2.44. The molecule has 1 unspecified atom stereocenters. The van der Waals surface area contributed by atoms with Crippen molar-refractivity contribution in [3.8, 4) is 11.4 Å². The third kappa shape index (κ3) is 3.43. The summed E-state index contributed by atoms with van der Waals surface area (Å²) in [4.78, 5) is 16.5. The predicted molar refractivity (Wildman–Crippen MR) is 96.2 cm³/mol. The first-order chi connectivity index (χ1) is 13.7. The second kappa shape index (κ2) is 6.61. The highest BCUT2D eigenvalue weighted by Crippen LogP contribution is 2.34. The van der Waals surface area contributed by atoms with E-state index in [0.717, 1.165) is 12.1 Å². The summed E-state index contributed by atoms with van der Waals surface area (Å²) >= 11 is 0. The number of hydrogen-bond acceptors (Lipinski definition) is 6. The second-order valence-corrected chi connectivity index (χ2v) is 7.03.